The molecule has 110 valence electrons. The summed E-state index contributed by atoms with van der Waals surface area (Å²) in [7, 11) is 0.229. The second-order valence-electron chi connectivity index (χ2n) is 5.43. The largest absolute Gasteiger partial charge is 0.480 e. The number of carboxylic acid groups (broad SMARTS) is 1. The van der Waals surface area contributed by atoms with Gasteiger partial charge in [0.25, 0.3) is 0 Å². The van der Waals surface area contributed by atoms with Crippen LogP contribution in [0.5, 0.6) is 0 Å². The third-order valence-corrected chi connectivity index (χ3v) is 5.84. The van der Waals surface area contributed by atoms with Crippen molar-refractivity contribution in [2.24, 2.45) is 5.92 Å². The summed E-state index contributed by atoms with van der Waals surface area (Å²) < 4.78 is 23.5. The molecule has 1 saturated heterocycles. The molecule has 1 fully saturated rings. The summed E-state index contributed by atoms with van der Waals surface area (Å²) in [5, 5.41) is 9.84. The van der Waals surface area contributed by atoms with Gasteiger partial charge in [0, 0.05) is 5.92 Å². The molecule has 6 heteroatoms. The minimum absolute atomic E-state index is 0.0629. The Kier molecular flexibility index (Phi) is 3.88. The Balaban J connectivity index is 2.58. The molecule has 20 heavy (non-hydrogen) atoms. The van der Waals surface area contributed by atoms with E-state index < -0.39 is 27.3 Å². The van der Waals surface area contributed by atoms with Crippen LogP contribution in [0.3, 0.4) is 0 Å². The van der Waals surface area contributed by atoms with E-state index in [1.807, 2.05) is 6.07 Å². The average molecular weight is 297 g/mol. The van der Waals surface area contributed by atoms with E-state index in [-0.39, 0.29) is 11.5 Å². The monoisotopic (exact) mass is 297 g/mol. The molecule has 0 radical (unpaired) electrons. The predicted molar refractivity (Wildman–Crippen MR) is 76.2 cm³/mol. The van der Waals surface area contributed by atoms with Crippen LogP contribution in [0.15, 0.2) is 30.3 Å². The number of carbonyl (C=O) groups is 1. The maximum atomic E-state index is 12.0. The van der Waals surface area contributed by atoms with Gasteiger partial charge in [-0.15, -0.1) is 0 Å². The Hall–Kier alpha value is -1.40. The molecule has 0 amide bonds. The summed E-state index contributed by atoms with van der Waals surface area (Å²) in [6.07, 6.45) is 0.377. The lowest BCUT2D eigenvalue weighted by molar-refractivity contribution is -0.154. The molecule has 2 unspecified atom stereocenters. The fourth-order valence-corrected chi connectivity index (χ4v) is 5.00. The van der Waals surface area contributed by atoms with Crippen molar-refractivity contribution in [1.29, 1.82) is 0 Å². The Morgan fingerprint density at radius 1 is 1.30 bits per heavy atom. The molecule has 1 heterocycles. The third kappa shape index (κ3) is 2.33. The highest BCUT2D eigenvalue weighted by Gasteiger charge is 2.53. The van der Waals surface area contributed by atoms with E-state index in [4.69, 9.17) is 0 Å². The lowest BCUT2D eigenvalue weighted by atomic mass is 9.76. The fourth-order valence-electron chi connectivity index (χ4n) is 3.17. The molecule has 0 spiro atoms. The highest BCUT2D eigenvalue weighted by atomic mass is 32.2. The summed E-state index contributed by atoms with van der Waals surface area (Å²) in [4.78, 5) is 13.6. The number of hydrogen-bond donors (Lipinski definition) is 1. The summed E-state index contributed by atoms with van der Waals surface area (Å²) in [5.41, 5.74) is -0.676. The number of rotatable bonds is 4. The minimum Gasteiger partial charge on any atom is -0.480 e. The zero-order chi connectivity index (χ0) is 15.0. The molecule has 2 rings (SSSR count). The maximum Gasteiger partial charge on any atom is 0.329 e. The molecule has 0 saturated carbocycles. The zero-order valence-electron chi connectivity index (χ0n) is 11.6. The molecule has 1 aromatic carbocycles. The van der Waals surface area contributed by atoms with Crippen molar-refractivity contribution >= 4 is 15.8 Å². The van der Waals surface area contributed by atoms with Crippen LogP contribution in [-0.4, -0.2) is 50.0 Å². The number of nitrogens with zero attached hydrogens (tertiary/aromatic N) is 1. The molecular formula is C14H19NO4S. The smallest absolute Gasteiger partial charge is 0.329 e. The molecule has 0 aliphatic carbocycles. The van der Waals surface area contributed by atoms with Crippen molar-refractivity contribution in [3.63, 3.8) is 0 Å². The van der Waals surface area contributed by atoms with Gasteiger partial charge >= 0.3 is 5.97 Å². The van der Waals surface area contributed by atoms with Crippen LogP contribution in [0.2, 0.25) is 0 Å². The number of likely N-dealkylation sites (N-methyl/N-ethyl adjacent to an activating group) is 1. The number of aliphatic carboxylic acids is 1. The van der Waals surface area contributed by atoms with Crippen LogP contribution >= 0.6 is 0 Å². The lowest BCUT2D eigenvalue weighted by Crippen LogP contribution is -2.54. The second-order valence-corrected chi connectivity index (χ2v) is 7.66. The van der Waals surface area contributed by atoms with Gasteiger partial charge in [-0.1, -0.05) is 30.3 Å². The van der Waals surface area contributed by atoms with Gasteiger partial charge < -0.3 is 5.11 Å². The van der Waals surface area contributed by atoms with Gasteiger partial charge in [-0.2, -0.15) is 0 Å². The Bertz CT molecular complexity index is 597. The molecule has 1 aliphatic rings. The summed E-state index contributed by atoms with van der Waals surface area (Å²) in [6, 6.07) is 8.87. The van der Waals surface area contributed by atoms with E-state index in [0.29, 0.717) is 12.0 Å². The molecule has 2 atom stereocenters. The van der Waals surface area contributed by atoms with Crippen LogP contribution in [0.1, 0.15) is 12.0 Å². The van der Waals surface area contributed by atoms with Crippen molar-refractivity contribution < 1.29 is 18.3 Å². The van der Waals surface area contributed by atoms with Gasteiger partial charge in [-0.05, 0) is 26.1 Å². The van der Waals surface area contributed by atoms with Gasteiger partial charge in [0.05, 0.1) is 11.5 Å². The first-order chi connectivity index (χ1) is 9.30. The molecular weight excluding hydrogens is 278 g/mol. The van der Waals surface area contributed by atoms with E-state index in [1.54, 1.807) is 43.3 Å². The molecule has 5 nitrogen and oxygen atoms in total. The van der Waals surface area contributed by atoms with Gasteiger partial charge in [-0.25, -0.2) is 13.2 Å². The number of carboxylic acids is 1. The van der Waals surface area contributed by atoms with Gasteiger partial charge in [0.15, 0.2) is 9.84 Å². The van der Waals surface area contributed by atoms with Gasteiger partial charge in [0.2, 0.25) is 0 Å². The first kappa shape index (κ1) is 15.0. The number of sulfone groups is 1. The molecule has 0 aromatic heterocycles. The van der Waals surface area contributed by atoms with Crippen LogP contribution in [0, 0.1) is 5.92 Å². The topological polar surface area (TPSA) is 74.7 Å². The van der Waals surface area contributed by atoms with Crippen LogP contribution in [-0.2, 0) is 20.2 Å². The third-order valence-electron chi connectivity index (χ3n) is 4.07. The van der Waals surface area contributed by atoms with E-state index in [0.717, 1.165) is 0 Å². The summed E-state index contributed by atoms with van der Waals surface area (Å²) in [5.74, 6) is -1.46. The normalized spacial score (nSPS) is 24.4. The first-order valence-corrected chi connectivity index (χ1v) is 8.29. The van der Waals surface area contributed by atoms with Gasteiger partial charge in [-0.3, -0.25) is 4.90 Å². The SMILES string of the molecule is CN(C)C(C(=O)O)(c1ccccc1)C1CCS(=O)(=O)C1. The van der Waals surface area contributed by atoms with E-state index in [9.17, 15) is 18.3 Å². The minimum atomic E-state index is -3.14. The summed E-state index contributed by atoms with van der Waals surface area (Å²) >= 11 is 0. The van der Waals surface area contributed by atoms with Crippen LogP contribution in [0.4, 0.5) is 0 Å². The predicted octanol–water partition coefficient (Wildman–Crippen LogP) is 0.963. The van der Waals surface area contributed by atoms with Crippen LogP contribution in [0.25, 0.3) is 0 Å². The van der Waals surface area contributed by atoms with Crippen molar-refractivity contribution in [3.05, 3.63) is 35.9 Å². The van der Waals surface area contributed by atoms with Crippen molar-refractivity contribution in [3.8, 4) is 0 Å². The highest BCUT2D eigenvalue weighted by molar-refractivity contribution is 7.91. The number of hydrogen-bond acceptors (Lipinski definition) is 4. The molecule has 0 bridgehead atoms. The number of benzene rings is 1. The van der Waals surface area contributed by atoms with E-state index in [1.165, 1.54) is 0 Å². The standard InChI is InChI=1S/C14H19NO4S/c1-15(2)14(13(16)17,11-6-4-3-5-7-11)12-8-9-20(18,19)10-12/h3-7,12H,8-10H2,1-2H3,(H,16,17). The molecule has 1 N–H and O–H groups in total. The lowest BCUT2D eigenvalue weighted by Gasteiger charge is -2.40. The Labute approximate surface area is 119 Å². The van der Waals surface area contributed by atoms with Crippen molar-refractivity contribution in [1.82, 2.24) is 4.90 Å². The average Bonchev–Trinajstić information content (AvgIpc) is 2.71. The molecule has 1 aromatic rings. The Morgan fingerprint density at radius 3 is 2.30 bits per heavy atom. The highest BCUT2D eigenvalue weighted by Crippen LogP contribution is 2.40. The van der Waals surface area contributed by atoms with Crippen molar-refractivity contribution in [2.75, 3.05) is 25.6 Å². The molecule has 1 aliphatic heterocycles. The van der Waals surface area contributed by atoms with Crippen LogP contribution < -0.4 is 0 Å². The second kappa shape index (κ2) is 5.18. The van der Waals surface area contributed by atoms with Gasteiger partial charge in [0.1, 0.15) is 5.54 Å². The fraction of sp³-hybridized carbons (Fsp3) is 0.500. The first-order valence-electron chi connectivity index (χ1n) is 6.47. The summed E-state index contributed by atoms with van der Waals surface area (Å²) in [6.45, 7) is 0. The van der Waals surface area contributed by atoms with Crippen molar-refractivity contribution in [2.45, 2.75) is 12.0 Å². The zero-order valence-corrected chi connectivity index (χ0v) is 12.4. The Morgan fingerprint density at radius 2 is 1.90 bits per heavy atom. The van der Waals surface area contributed by atoms with E-state index in [2.05, 4.69) is 0 Å². The maximum absolute atomic E-state index is 12.0. The quantitative estimate of drug-likeness (QED) is 0.896. The van der Waals surface area contributed by atoms with E-state index >= 15 is 0 Å².